The van der Waals surface area contributed by atoms with Gasteiger partial charge in [-0.05, 0) is 25.0 Å². The van der Waals surface area contributed by atoms with E-state index in [4.69, 9.17) is 10.3 Å². The maximum atomic E-state index is 6.36. The van der Waals surface area contributed by atoms with E-state index in [1.54, 1.807) is 0 Å². The molecule has 114 valence electrons. The second kappa shape index (κ2) is 5.66. The Morgan fingerprint density at radius 1 is 1.00 bits per heavy atom. The molecule has 0 unspecified atom stereocenters. The lowest BCUT2D eigenvalue weighted by Gasteiger charge is -2.17. The van der Waals surface area contributed by atoms with Crippen LogP contribution in [0.4, 0.5) is 0 Å². The zero-order valence-corrected chi connectivity index (χ0v) is 12.8. The van der Waals surface area contributed by atoms with Crippen molar-refractivity contribution in [3.8, 4) is 11.6 Å². The van der Waals surface area contributed by atoms with Crippen LogP contribution < -0.4 is 5.73 Å². The molecule has 6 heteroatoms. The molecule has 0 aliphatic heterocycles. The molecule has 1 aliphatic rings. The minimum absolute atomic E-state index is 0. The van der Waals surface area contributed by atoms with Gasteiger partial charge in [0.05, 0.1) is 11.1 Å². The average Bonchev–Trinajstić information content (AvgIpc) is 3.17. The molecule has 2 heterocycles. The van der Waals surface area contributed by atoms with Gasteiger partial charge >= 0.3 is 0 Å². The van der Waals surface area contributed by atoms with Gasteiger partial charge in [-0.2, -0.15) is 4.98 Å². The number of halogens is 1. The largest absolute Gasteiger partial charge is 0.332 e. The Labute approximate surface area is 134 Å². The second-order valence-corrected chi connectivity index (χ2v) is 5.68. The van der Waals surface area contributed by atoms with E-state index in [2.05, 4.69) is 15.1 Å². The SMILES string of the molecule is Cl.NC1(c2noc(-c3ccc4ccccc4n3)n2)CCCC1. The fourth-order valence-electron chi connectivity index (χ4n) is 2.94. The summed E-state index contributed by atoms with van der Waals surface area (Å²) in [6.45, 7) is 0. The van der Waals surface area contributed by atoms with Crippen molar-refractivity contribution in [3.63, 3.8) is 0 Å². The van der Waals surface area contributed by atoms with Crippen molar-refractivity contribution in [3.05, 3.63) is 42.2 Å². The molecule has 0 spiro atoms. The fraction of sp³-hybridized carbons (Fsp3) is 0.312. The lowest BCUT2D eigenvalue weighted by Crippen LogP contribution is -2.34. The van der Waals surface area contributed by atoms with Crippen LogP contribution in [0, 0.1) is 0 Å². The minimum Gasteiger partial charge on any atom is -0.332 e. The maximum absolute atomic E-state index is 6.36. The van der Waals surface area contributed by atoms with Crippen LogP contribution in [0.2, 0.25) is 0 Å². The van der Waals surface area contributed by atoms with Gasteiger partial charge in [0.25, 0.3) is 5.89 Å². The number of hydrogen-bond acceptors (Lipinski definition) is 5. The summed E-state index contributed by atoms with van der Waals surface area (Å²) in [5.74, 6) is 1.04. The summed E-state index contributed by atoms with van der Waals surface area (Å²) in [6, 6.07) is 11.9. The van der Waals surface area contributed by atoms with E-state index in [1.165, 1.54) is 0 Å². The molecule has 2 aromatic heterocycles. The lowest BCUT2D eigenvalue weighted by atomic mass is 9.99. The molecule has 1 fully saturated rings. The molecule has 3 aromatic rings. The molecule has 1 aromatic carbocycles. The molecule has 0 bridgehead atoms. The van der Waals surface area contributed by atoms with E-state index in [0.29, 0.717) is 17.4 Å². The van der Waals surface area contributed by atoms with E-state index in [9.17, 15) is 0 Å². The third-order valence-electron chi connectivity index (χ3n) is 4.18. The average molecular weight is 317 g/mol. The van der Waals surface area contributed by atoms with Gasteiger partial charge < -0.3 is 10.3 Å². The first-order chi connectivity index (χ1) is 10.2. The fourth-order valence-corrected chi connectivity index (χ4v) is 2.94. The van der Waals surface area contributed by atoms with Gasteiger partial charge in [-0.25, -0.2) is 4.98 Å². The number of aromatic nitrogens is 3. The van der Waals surface area contributed by atoms with Crippen LogP contribution in [0.3, 0.4) is 0 Å². The van der Waals surface area contributed by atoms with Crippen LogP contribution >= 0.6 is 12.4 Å². The van der Waals surface area contributed by atoms with Gasteiger partial charge in [0.1, 0.15) is 5.69 Å². The summed E-state index contributed by atoms with van der Waals surface area (Å²) in [6.07, 6.45) is 4.07. The molecule has 2 N–H and O–H groups in total. The summed E-state index contributed by atoms with van der Waals surface area (Å²) in [7, 11) is 0. The Morgan fingerprint density at radius 3 is 2.59 bits per heavy atom. The normalized spacial score (nSPS) is 16.6. The van der Waals surface area contributed by atoms with Gasteiger partial charge in [-0.15, -0.1) is 12.4 Å². The Bertz CT molecular complexity index is 795. The number of benzene rings is 1. The van der Waals surface area contributed by atoms with E-state index in [-0.39, 0.29) is 12.4 Å². The molecule has 0 saturated heterocycles. The monoisotopic (exact) mass is 316 g/mol. The highest BCUT2D eigenvalue weighted by molar-refractivity contribution is 5.85. The van der Waals surface area contributed by atoms with Crippen LogP contribution in [0.25, 0.3) is 22.5 Å². The summed E-state index contributed by atoms with van der Waals surface area (Å²) >= 11 is 0. The maximum Gasteiger partial charge on any atom is 0.276 e. The van der Waals surface area contributed by atoms with E-state index < -0.39 is 5.54 Å². The lowest BCUT2D eigenvalue weighted by molar-refractivity contribution is 0.372. The quantitative estimate of drug-likeness (QED) is 0.783. The third-order valence-corrected chi connectivity index (χ3v) is 4.18. The van der Waals surface area contributed by atoms with Crippen molar-refractivity contribution in [2.24, 2.45) is 5.73 Å². The van der Waals surface area contributed by atoms with Gasteiger partial charge in [0.15, 0.2) is 5.82 Å². The Hall–Kier alpha value is -1.98. The Balaban J connectivity index is 0.00000144. The van der Waals surface area contributed by atoms with E-state index in [0.717, 1.165) is 36.6 Å². The molecular formula is C16H17ClN4O. The zero-order chi connectivity index (χ0) is 14.3. The number of pyridine rings is 1. The molecule has 22 heavy (non-hydrogen) atoms. The molecule has 1 saturated carbocycles. The number of fused-ring (bicyclic) bond motifs is 1. The van der Waals surface area contributed by atoms with Crippen molar-refractivity contribution in [1.29, 1.82) is 0 Å². The highest BCUT2D eigenvalue weighted by atomic mass is 35.5. The first kappa shape index (κ1) is 14.9. The number of nitrogens with two attached hydrogens (primary N) is 1. The van der Waals surface area contributed by atoms with Crippen molar-refractivity contribution in [2.45, 2.75) is 31.2 Å². The molecular weight excluding hydrogens is 300 g/mol. The van der Waals surface area contributed by atoms with E-state index >= 15 is 0 Å². The number of rotatable bonds is 2. The number of nitrogens with zero attached hydrogens (tertiary/aromatic N) is 3. The Kier molecular flexibility index (Phi) is 3.85. The van der Waals surface area contributed by atoms with Crippen LogP contribution in [0.1, 0.15) is 31.5 Å². The van der Waals surface area contributed by atoms with Crippen molar-refractivity contribution >= 4 is 23.3 Å². The number of para-hydroxylation sites is 1. The minimum atomic E-state index is -0.432. The number of hydrogen-bond donors (Lipinski definition) is 1. The predicted molar refractivity (Wildman–Crippen MR) is 86.6 cm³/mol. The molecule has 0 radical (unpaired) electrons. The van der Waals surface area contributed by atoms with Gasteiger partial charge in [0.2, 0.25) is 0 Å². The summed E-state index contributed by atoms with van der Waals surface area (Å²) < 4.78 is 5.37. The van der Waals surface area contributed by atoms with Crippen LogP contribution in [0.15, 0.2) is 40.9 Å². The third kappa shape index (κ3) is 2.46. The second-order valence-electron chi connectivity index (χ2n) is 5.68. The summed E-state index contributed by atoms with van der Waals surface area (Å²) in [5.41, 5.74) is 7.53. The van der Waals surface area contributed by atoms with Crippen molar-refractivity contribution in [2.75, 3.05) is 0 Å². The molecule has 1 aliphatic carbocycles. The highest BCUT2D eigenvalue weighted by Gasteiger charge is 2.36. The standard InChI is InChI=1S/C16H16N4O.ClH/c17-16(9-3-4-10-16)15-19-14(21-20-15)13-8-7-11-5-1-2-6-12(11)18-13;/h1-2,5-8H,3-4,9-10,17H2;1H. The zero-order valence-electron chi connectivity index (χ0n) is 12.0. The van der Waals surface area contributed by atoms with Crippen LogP contribution in [-0.2, 0) is 5.54 Å². The van der Waals surface area contributed by atoms with Crippen LogP contribution in [0.5, 0.6) is 0 Å². The van der Waals surface area contributed by atoms with Gasteiger partial charge in [-0.1, -0.05) is 42.3 Å². The molecule has 5 nitrogen and oxygen atoms in total. The Morgan fingerprint density at radius 2 is 1.77 bits per heavy atom. The smallest absolute Gasteiger partial charge is 0.276 e. The summed E-state index contributed by atoms with van der Waals surface area (Å²) in [5, 5.41) is 5.17. The first-order valence-corrected chi connectivity index (χ1v) is 7.24. The molecule has 4 rings (SSSR count). The first-order valence-electron chi connectivity index (χ1n) is 7.24. The van der Waals surface area contributed by atoms with Crippen LogP contribution in [-0.4, -0.2) is 15.1 Å². The highest BCUT2D eigenvalue weighted by Crippen LogP contribution is 2.35. The van der Waals surface area contributed by atoms with Gasteiger partial charge in [0, 0.05) is 5.39 Å². The van der Waals surface area contributed by atoms with E-state index in [1.807, 2.05) is 36.4 Å². The van der Waals surface area contributed by atoms with Gasteiger partial charge in [-0.3, -0.25) is 0 Å². The predicted octanol–water partition coefficient (Wildman–Crippen LogP) is 3.43. The van der Waals surface area contributed by atoms with Crippen molar-refractivity contribution < 1.29 is 4.52 Å². The summed E-state index contributed by atoms with van der Waals surface area (Å²) in [4.78, 5) is 9.05. The van der Waals surface area contributed by atoms with Crippen molar-refractivity contribution in [1.82, 2.24) is 15.1 Å². The topological polar surface area (TPSA) is 77.8 Å². The molecule has 0 atom stereocenters. The molecule has 0 amide bonds.